The van der Waals surface area contributed by atoms with Gasteiger partial charge in [-0.1, -0.05) is 29.8 Å². The number of halogens is 1. The fourth-order valence-electron chi connectivity index (χ4n) is 1.78. The molecule has 0 heterocycles. The second-order valence-electron chi connectivity index (χ2n) is 4.32. The van der Waals surface area contributed by atoms with Gasteiger partial charge in [0, 0.05) is 11.6 Å². The first-order chi connectivity index (χ1) is 10.0. The van der Waals surface area contributed by atoms with E-state index in [9.17, 15) is 8.42 Å². The monoisotopic (exact) mass is 325 g/mol. The van der Waals surface area contributed by atoms with Gasteiger partial charge in [-0.2, -0.15) is 0 Å². The minimum atomic E-state index is -3.57. The Morgan fingerprint density at radius 2 is 1.76 bits per heavy atom. The largest absolute Gasteiger partial charge is 0.494 e. The van der Waals surface area contributed by atoms with E-state index in [2.05, 4.69) is 4.72 Å². The molecule has 4 nitrogen and oxygen atoms in total. The van der Waals surface area contributed by atoms with Crippen LogP contribution in [0.15, 0.2) is 53.4 Å². The van der Waals surface area contributed by atoms with Crippen LogP contribution in [0.2, 0.25) is 5.02 Å². The first-order valence-corrected chi connectivity index (χ1v) is 8.35. The highest BCUT2D eigenvalue weighted by molar-refractivity contribution is 7.89. The third-order valence-electron chi connectivity index (χ3n) is 2.86. The molecule has 2 rings (SSSR count). The number of hydrogen-bond donors (Lipinski definition) is 1. The summed E-state index contributed by atoms with van der Waals surface area (Å²) in [5, 5.41) is 0.534. The number of rotatable bonds is 6. The maximum atomic E-state index is 12.2. The van der Waals surface area contributed by atoms with Crippen molar-refractivity contribution in [2.45, 2.75) is 18.4 Å². The van der Waals surface area contributed by atoms with Gasteiger partial charge in [0.05, 0.1) is 11.5 Å². The van der Waals surface area contributed by atoms with Crippen LogP contribution in [0.3, 0.4) is 0 Å². The molecule has 112 valence electrons. The first-order valence-electron chi connectivity index (χ1n) is 6.49. The van der Waals surface area contributed by atoms with Crippen LogP contribution >= 0.6 is 11.6 Å². The van der Waals surface area contributed by atoms with Crippen LogP contribution in [0.4, 0.5) is 0 Å². The lowest BCUT2D eigenvalue weighted by atomic mass is 10.2. The molecule has 6 heteroatoms. The van der Waals surface area contributed by atoms with E-state index in [1.807, 2.05) is 13.0 Å². The van der Waals surface area contributed by atoms with Crippen molar-refractivity contribution in [3.8, 4) is 5.75 Å². The summed E-state index contributed by atoms with van der Waals surface area (Å²) in [6.07, 6.45) is 0. The van der Waals surface area contributed by atoms with Gasteiger partial charge in [0.25, 0.3) is 0 Å². The summed E-state index contributed by atoms with van der Waals surface area (Å²) >= 11 is 6.00. The number of nitrogens with one attached hydrogen (secondary N) is 1. The van der Waals surface area contributed by atoms with Crippen molar-refractivity contribution in [1.29, 1.82) is 0 Å². The van der Waals surface area contributed by atoms with Crippen molar-refractivity contribution in [3.05, 3.63) is 59.1 Å². The molecular weight excluding hydrogens is 310 g/mol. The Balaban J connectivity index is 2.09. The maximum Gasteiger partial charge on any atom is 0.240 e. The third kappa shape index (κ3) is 4.20. The Morgan fingerprint density at radius 3 is 2.38 bits per heavy atom. The fraction of sp³-hybridized carbons (Fsp3) is 0.200. The van der Waals surface area contributed by atoms with Crippen molar-refractivity contribution >= 4 is 21.6 Å². The van der Waals surface area contributed by atoms with E-state index in [-0.39, 0.29) is 11.4 Å². The Hall–Kier alpha value is -1.56. The van der Waals surface area contributed by atoms with E-state index < -0.39 is 10.0 Å². The predicted molar refractivity (Wildman–Crippen MR) is 83.1 cm³/mol. The highest BCUT2D eigenvalue weighted by Gasteiger charge is 2.14. The van der Waals surface area contributed by atoms with Crippen LogP contribution in [-0.4, -0.2) is 15.0 Å². The van der Waals surface area contributed by atoms with Gasteiger partial charge in [0.1, 0.15) is 5.75 Å². The molecule has 0 bridgehead atoms. The molecule has 2 aromatic carbocycles. The van der Waals surface area contributed by atoms with Gasteiger partial charge >= 0.3 is 0 Å². The van der Waals surface area contributed by atoms with Gasteiger partial charge in [-0.25, -0.2) is 13.1 Å². The van der Waals surface area contributed by atoms with E-state index in [0.717, 1.165) is 5.56 Å². The molecular formula is C15H16ClNO3S. The van der Waals surface area contributed by atoms with Crippen LogP contribution in [0, 0.1) is 0 Å². The third-order valence-corrected chi connectivity index (χ3v) is 4.64. The smallest absolute Gasteiger partial charge is 0.240 e. The molecule has 0 atom stereocenters. The Bertz CT molecular complexity index is 699. The van der Waals surface area contributed by atoms with Gasteiger partial charge in [-0.15, -0.1) is 0 Å². The topological polar surface area (TPSA) is 55.4 Å². The average molecular weight is 326 g/mol. The number of sulfonamides is 1. The first kappa shape index (κ1) is 15.8. The quantitative estimate of drug-likeness (QED) is 0.887. The van der Waals surface area contributed by atoms with Gasteiger partial charge < -0.3 is 4.74 Å². The zero-order chi connectivity index (χ0) is 15.3. The Kier molecular flexibility index (Phi) is 5.22. The molecule has 0 saturated heterocycles. The second-order valence-corrected chi connectivity index (χ2v) is 6.49. The number of benzene rings is 2. The van der Waals surface area contributed by atoms with Crippen LogP contribution in [0.5, 0.6) is 5.75 Å². The van der Waals surface area contributed by atoms with Gasteiger partial charge in [-0.05, 0) is 42.8 Å². The molecule has 2 aromatic rings. The highest BCUT2D eigenvalue weighted by Crippen LogP contribution is 2.18. The summed E-state index contributed by atoms with van der Waals surface area (Å²) in [5.74, 6) is 0.641. The minimum absolute atomic E-state index is 0.148. The molecule has 21 heavy (non-hydrogen) atoms. The van der Waals surface area contributed by atoms with Crippen molar-refractivity contribution in [1.82, 2.24) is 4.72 Å². The molecule has 0 unspecified atom stereocenters. The molecule has 0 spiro atoms. The van der Waals surface area contributed by atoms with Crippen molar-refractivity contribution in [2.75, 3.05) is 6.61 Å². The number of hydrogen-bond acceptors (Lipinski definition) is 3. The maximum absolute atomic E-state index is 12.2. The van der Waals surface area contributed by atoms with Crippen LogP contribution in [0.25, 0.3) is 0 Å². The molecule has 0 aliphatic heterocycles. The van der Waals surface area contributed by atoms with Crippen molar-refractivity contribution < 1.29 is 13.2 Å². The fourth-order valence-corrected chi connectivity index (χ4v) is 2.99. The summed E-state index contributed by atoms with van der Waals surface area (Å²) in [4.78, 5) is 0.193. The zero-order valence-corrected chi connectivity index (χ0v) is 13.1. The van der Waals surface area contributed by atoms with Crippen LogP contribution < -0.4 is 9.46 Å². The molecule has 0 fully saturated rings. The normalized spacial score (nSPS) is 11.3. The molecule has 1 N–H and O–H groups in total. The lowest BCUT2D eigenvalue weighted by molar-refractivity contribution is 0.340. The SMILES string of the molecule is CCOc1ccc(S(=O)(=O)NCc2ccccc2Cl)cc1. The van der Waals surface area contributed by atoms with Crippen LogP contribution in [0.1, 0.15) is 12.5 Å². The lowest BCUT2D eigenvalue weighted by Gasteiger charge is -2.09. The predicted octanol–water partition coefficient (Wildman–Crippen LogP) is 3.22. The van der Waals surface area contributed by atoms with E-state index in [4.69, 9.17) is 16.3 Å². The summed E-state index contributed by atoms with van der Waals surface area (Å²) in [5.41, 5.74) is 0.730. The van der Waals surface area contributed by atoms with Crippen molar-refractivity contribution in [3.63, 3.8) is 0 Å². The highest BCUT2D eigenvalue weighted by atomic mass is 35.5. The lowest BCUT2D eigenvalue weighted by Crippen LogP contribution is -2.23. The van der Waals surface area contributed by atoms with E-state index in [0.29, 0.717) is 17.4 Å². The van der Waals surface area contributed by atoms with Crippen molar-refractivity contribution in [2.24, 2.45) is 0 Å². The van der Waals surface area contributed by atoms with E-state index >= 15 is 0 Å². The molecule has 0 aliphatic rings. The average Bonchev–Trinajstić information content (AvgIpc) is 2.47. The number of ether oxygens (including phenoxy) is 1. The zero-order valence-electron chi connectivity index (χ0n) is 11.5. The second kappa shape index (κ2) is 6.93. The Morgan fingerprint density at radius 1 is 1.10 bits per heavy atom. The van der Waals surface area contributed by atoms with Gasteiger partial charge in [-0.3, -0.25) is 0 Å². The summed E-state index contributed by atoms with van der Waals surface area (Å²) in [6, 6.07) is 13.4. The molecule has 0 radical (unpaired) electrons. The minimum Gasteiger partial charge on any atom is -0.494 e. The van der Waals surface area contributed by atoms with E-state index in [1.165, 1.54) is 12.1 Å². The molecule has 0 aliphatic carbocycles. The Labute approximate surface area is 129 Å². The standard InChI is InChI=1S/C15H16ClNO3S/c1-2-20-13-7-9-14(10-8-13)21(18,19)17-11-12-5-3-4-6-15(12)16/h3-10,17H,2,11H2,1H3. The summed E-state index contributed by atoms with van der Waals surface area (Å²) in [7, 11) is -3.57. The van der Waals surface area contributed by atoms with Gasteiger partial charge in [0.2, 0.25) is 10.0 Å². The van der Waals surface area contributed by atoms with Crippen LogP contribution in [-0.2, 0) is 16.6 Å². The molecule has 0 amide bonds. The van der Waals surface area contributed by atoms with E-state index in [1.54, 1.807) is 30.3 Å². The molecule has 0 aromatic heterocycles. The summed E-state index contributed by atoms with van der Waals surface area (Å²) < 4.78 is 32.2. The summed E-state index contributed by atoms with van der Waals surface area (Å²) in [6.45, 7) is 2.56. The molecule has 0 saturated carbocycles. The van der Waals surface area contributed by atoms with Gasteiger partial charge in [0.15, 0.2) is 0 Å².